The minimum atomic E-state index is 0.0720. The number of nitrogens with two attached hydrogens (primary N) is 1. The molecule has 1 saturated heterocycles. The van der Waals surface area contributed by atoms with Crippen LogP contribution in [0.3, 0.4) is 0 Å². The van der Waals surface area contributed by atoms with E-state index >= 15 is 0 Å². The lowest BCUT2D eigenvalue weighted by Crippen LogP contribution is -2.16. The van der Waals surface area contributed by atoms with Gasteiger partial charge in [0.25, 0.3) is 0 Å². The van der Waals surface area contributed by atoms with Crippen LogP contribution in [0.15, 0.2) is 24.3 Å². The van der Waals surface area contributed by atoms with Crippen LogP contribution in [0.25, 0.3) is 11.6 Å². The molecule has 1 atom stereocenters. The van der Waals surface area contributed by atoms with Crippen molar-refractivity contribution in [2.45, 2.75) is 18.9 Å². The van der Waals surface area contributed by atoms with Crippen LogP contribution in [0.2, 0.25) is 0 Å². The number of nitriles is 1. The molecule has 0 bridgehead atoms. The normalized spacial score (nSPS) is 16.8. The minimum Gasteiger partial charge on any atom is -0.491 e. The number of hydrogen-bond donors (Lipinski definition) is 1. The Morgan fingerprint density at radius 2 is 2.11 bits per heavy atom. The van der Waals surface area contributed by atoms with Gasteiger partial charge in [0.15, 0.2) is 5.82 Å². The fraction of sp³-hybridized carbons (Fsp3) is 0.368. The van der Waals surface area contributed by atoms with Crippen molar-refractivity contribution in [3.8, 4) is 11.8 Å². The molecule has 2 aromatic rings. The summed E-state index contributed by atoms with van der Waals surface area (Å²) in [6.45, 7) is 1.36. The largest absolute Gasteiger partial charge is 0.491 e. The molecule has 1 aromatic heterocycles. The average molecular weight is 366 g/mol. The highest BCUT2D eigenvalue weighted by Gasteiger charge is 2.16. The van der Waals surface area contributed by atoms with Crippen LogP contribution >= 0.6 is 0 Å². The van der Waals surface area contributed by atoms with Gasteiger partial charge in [0.05, 0.1) is 11.7 Å². The lowest BCUT2D eigenvalue weighted by atomic mass is 10.1. The molecule has 27 heavy (non-hydrogen) atoms. The quantitative estimate of drug-likeness (QED) is 0.774. The van der Waals surface area contributed by atoms with Crippen LogP contribution in [0.5, 0.6) is 5.75 Å². The molecule has 3 rings (SSSR count). The summed E-state index contributed by atoms with van der Waals surface area (Å²) < 4.78 is 11.3. The van der Waals surface area contributed by atoms with Gasteiger partial charge < -0.3 is 20.1 Å². The number of benzene rings is 1. The highest BCUT2D eigenvalue weighted by atomic mass is 16.5. The maximum atomic E-state index is 9.51. The number of nitrogens with zero attached hydrogens (tertiary/aromatic N) is 5. The molecule has 1 unspecified atom stereocenters. The summed E-state index contributed by atoms with van der Waals surface area (Å²) in [6, 6.07) is 9.60. The van der Waals surface area contributed by atoms with Gasteiger partial charge in [0.2, 0.25) is 11.9 Å². The van der Waals surface area contributed by atoms with E-state index in [1.807, 2.05) is 24.3 Å². The lowest BCUT2D eigenvalue weighted by Gasteiger charge is -2.11. The van der Waals surface area contributed by atoms with E-state index in [1.165, 1.54) is 0 Å². The summed E-state index contributed by atoms with van der Waals surface area (Å²) in [4.78, 5) is 14.1. The average Bonchev–Trinajstić information content (AvgIpc) is 3.18. The van der Waals surface area contributed by atoms with Crippen LogP contribution in [0.4, 0.5) is 11.9 Å². The summed E-state index contributed by atoms with van der Waals surface area (Å²) >= 11 is 0. The molecule has 0 spiro atoms. The monoisotopic (exact) mass is 366 g/mol. The third kappa shape index (κ3) is 4.92. The topological polar surface area (TPSA) is 110 Å². The highest BCUT2D eigenvalue weighted by Crippen LogP contribution is 2.20. The maximum Gasteiger partial charge on any atom is 0.230 e. The van der Waals surface area contributed by atoms with Crippen molar-refractivity contribution in [2.24, 2.45) is 0 Å². The van der Waals surface area contributed by atoms with Crippen molar-refractivity contribution >= 4 is 23.5 Å². The molecule has 1 fully saturated rings. The molecule has 0 aliphatic carbocycles. The molecule has 0 amide bonds. The Morgan fingerprint density at radius 3 is 2.74 bits per heavy atom. The van der Waals surface area contributed by atoms with Gasteiger partial charge in [-0.05, 0) is 36.6 Å². The van der Waals surface area contributed by atoms with Crippen LogP contribution in [0.1, 0.15) is 24.2 Å². The van der Waals surface area contributed by atoms with E-state index in [2.05, 4.69) is 21.0 Å². The molecule has 2 N–H and O–H groups in total. The van der Waals surface area contributed by atoms with Gasteiger partial charge in [-0.15, -0.1) is 0 Å². The van der Waals surface area contributed by atoms with Crippen molar-refractivity contribution in [2.75, 3.05) is 37.9 Å². The van der Waals surface area contributed by atoms with Gasteiger partial charge >= 0.3 is 0 Å². The second kappa shape index (κ2) is 8.47. The Hall–Kier alpha value is -3.18. The van der Waals surface area contributed by atoms with Gasteiger partial charge in [-0.1, -0.05) is 12.1 Å². The molecule has 140 valence electrons. The number of aromatic nitrogens is 3. The fourth-order valence-electron chi connectivity index (χ4n) is 2.64. The van der Waals surface area contributed by atoms with Crippen molar-refractivity contribution in [1.29, 1.82) is 5.26 Å². The molecular formula is C19H22N6O2. The first kappa shape index (κ1) is 18.6. The van der Waals surface area contributed by atoms with E-state index in [9.17, 15) is 5.26 Å². The predicted molar refractivity (Wildman–Crippen MR) is 103 cm³/mol. The molecule has 8 nitrogen and oxygen atoms in total. The molecule has 1 aliphatic rings. The van der Waals surface area contributed by atoms with Crippen LogP contribution in [-0.4, -0.2) is 48.4 Å². The van der Waals surface area contributed by atoms with Crippen molar-refractivity contribution in [3.63, 3.8) is 0 Å². The third-order valence-corrected chi connectivity index (χ3v) is 4.05. The Balaban J connectivity index is 1.74. The number of allylic oxidation sites excluding steroid dienone is 1. The zero-order chi connectivity index (χ0) is 19.2. The summed E-state index contributed by atoms with van der Waals surface area (Å²) in [6.07, 6.45) is 4.01. The lowest BCUT2D eigenvalue weighted by molar-refractivity contribution is 0.0679. The second-order valence-electron chi connectivity index (χ2n) is 6.40. The summed E-state index contributed by atoms with van der Waals surface area (Å²) in [5.74, 6) is 1.48. The van der Waals surface area contributed by atoms with Gasteiger partial charge in [-0.25, -0.2) is 0 Å². The zero-order valence-corrected chi connectivity index (χ0v) is 15.4. The molecule has 1 aromatic carbocycles. The summed E-state index contributed by atoms with van der Waals surface area (Å²) in [7, 11) is 3.59. The molecule has 2 heterocycles. The van der Waals surface area contributed by atoms with Crippen LogP contribution < -0.4 is 15.4 Å². The Morgan fingerprint density at radius 1 is 1.33 bits per heavy atom. The third-order valence-electron chi connectivity index (χ3n) is 4.05. The van der Waals surface area contributed by atoms with Gasteiger partial charge in [0, 0.05) is 20.7 Å². The van der Waals surface area contributed by atoms with E-state index < -0.39 is 0 Å². The first-order valence-corrected chi connectivity index (χ1v) is 8.70. The van der Waals surface area contributed by atoms with Crippen molar-refractivity contribution in [3.05, 3.63) is 35.7 Å². The van der Waals surface area contributed by atoms with Crippen molar-refractivity contribution in [1.82, 2.24) is 15.0 Å². The Kier molecular flexibility index (Phi) is 5.84. The zero-order valence-electron chi connectivity index (χ0n) is 15.4. The first-order valence-electron chi connectivity index (χ1n) is 8.70. The summed E-state index contributed by atoms with van der Waals surface area (Å²) in [5.41, 5.74) is 6.88. The van der Waals surface area contributed by atoms with E-state index in [0.29, 0.717) is 18.1 Å². The van der Waals surface area contributed by atoms with Crippen LogP contribution in [0, 0.1) is 11.3 Å². The Labute approximate surface area is 158 Å². The number of hydrogen-bond acceptors (Lipinski definition) is 8. The van der Waals surface area contributed by atoms with E-state index in [0.717, 1.165) is 30.8 Å². The van der Waals surface area contributed by atoms with Gasteiger partial charge in [0.1, 0.15) is 18.4 Å². The SMILES string of the molecule is CN(C)c1nc(N)nc(/C(C#N)=C\c2ccc(OCC3CCCO3)cc2)n1. The molecule has 1 aliphatic heterocycles. The fourth-order valence-corrected chi connectivity index (χ4v) is 2.64. The van der Waals surface area contributed by atoms with E-state index in [1.54, 1.807) is 25.1 Å². The molecule has 0 saturated carbocycles. The Bertz CT molecular complexity index is 851. The predicted octanol–water partition coefficient (Wildman–Crippen LogP) is 2.14. The van der Waals surface area contributed by atoms with Crippen LogP contribution in [-0.2, 0) is 4.74 Å². The van der Waals surface area contributed by atoms with Gasteiger partial charge in [-0.3, -0.25) is 0 Å². The summed E-state index contributed by atoms with van der Waals surface area (Å²) in [5, 5.41) is 9.51. The number of nitrogen functional groups attached to an aromatic ring is 1. The number of anilines is 2. The first-order chi connectivity index (χ1) is 13.0. The number of rotatable bonds is 6. The minimum absolute atomic E-state index is 0.0720. The van der Waals surface area contributed by atoms with Crippen molar-refractivity contribution < 1.29 is 9.47 Å². The second-order valence-corrected chi connectivity index (χ2v) is 6.40. The maximum absolute atomic E-state index is 9.51. The van der Waals surface area contributed by atoms with E-state index in [-0.39, 0.29) is 17.9 Å². The van der Waals surface area contributed by atoms with E-state index in [4.69, 9.17) is 15.2 Å². The molecule has 8 heteroatoms. The number of ether oxygens (including phenoxy) is 2. The van der Waals surface area contributed by atoms with Gasteiger partial charge in [-0.2, -0.15) is 20.2 Å². The molecular weight excluding hydrogens is 344 g/mol. The highest BCUT2D eigenvalue weighted by molar-refractivity contribution is 5.87. The molecule has 0 radical (unpaired) electrons. The smallest absolute Gasteiger partial charge is 0.230 e. The standard InChI is InChI=1S/C19H22N6O2/c1-25(2)19-23-17(22-18(21)24-19)14(11-20)10-13-5-7-15(8-6-13)27-12-16-4-3-9-26-16/h5-8,10,16H,3-4,9,12H2,1-2H3,(H2,21,22,23,24)/b14-10-.